The van der Waals surface area contributed by atoms with Crippen LogP contribution < -0.4 is 10.1 Å². The summed E-state index contributed by atoms with van der Waals surface area (Å²) in [5, 5.41) is 3.41. The van der Waals surface area contributed by atoms with Gasteiger partial charge >= 0.3 is 0 Å². The van der Waals surface area contributed by atoms with Gasteiger partial charge < -0.3 is 10.1 Å². The first-order valence-corrected chi connectivity index (χ1v) is 8.00. The second-order valence-corrected chi connectivity index (χ2v) is 5.79. The van der Waals surface area contributed by atoms with Crippen molar-refractivity contribution in [2.24, 2.45) is 5.92 Å². The van der Waals surface area contributed by atoms with Crippen LogP contribution in [0.1, 0.15) is 58.4 Å². The van der Waals surface area contributed by atoms with Crippen molar-refractivity contribution in [2.75, 3.05) is 13.2 Å². The van der Waals surface area contributed by atoms with E-state index in [0.29, 0.717) is 5.92 Å². The van der Waals surface area contributed by atoms with Crippen molar-refractivity contribution >= 4 is 0 Å². The van der Waals surface area contributed by atoms with E-state index in [-0.39, 0.29) is 0 Å². The quantitative estimate of drug-likeness (QED) is 0.617. The van der Waals surface area contributed by atoms with Crippen molar-refractivity contribution in [3.8, 4) is 5.88 Å². The van der Waals surface area contributed by atoms with E-state index >= 15 is 0 Å². The molecule has 1 rings (SSSR count). The lowest BCUT2D eigenvalue weighted by Crippen LogP contribution is -2.19. The summed E-state index contributed by atoms with van der Waals surface area (Å²) in [5.74, 6) is 1.42. The highest BCUT2D eigenvalue weighted by atomic mass is 16.5. The minimum Gasteiger partial charge on any atom is -0.478 e. The van der Waals surface area contributed by atoms with Gasteiger partial charge in [0, 0.05) is 18.8 Å². The summed E-state index contributed by atoms with van der Waals surface area (Å²) in [7, 11) is 0. The van der Waals surface area contributed by atoms with Crippen LogP contribution in [0.4, 0.5) is 0 Å². The Bertz CT molecular complexity index is 335. The molecule has 0 amide bonds. The zero-order valence-electron chi connectivity index (χ0n) is 13.3. The van der Waals surface area contributed by atoms with E-state index in [1.807, 2.05) is 12.3 Å². The fourth-order valence-corrected chi connectivity index (χ4v) is 1.99. The maximum absolute atomic E-state index is 5.65. The molecule has 1 heterocycles. The van der Waals surface area contributed by atoms with E-state index in [1.54, 1.807) is 0 Å². The number of hydrogen-bond acceptors (Lipinski definition) is 3. The first-order chi connectivity index (χ1) is 9.72. The summed E-state index contributed by atoms with van der Waals surface area (Å²) in [6.07, 6.45) is 8.21. The average molecular weight is 278 g/mol. The molecule has 0 atom stereocenters. The molecule has 0 saturated carbocycles. The van der Waals surface area contributed by atoms with E-state index < -0.39 is 0 Å². The van der Waals surface area contributed by atoms with Crippen LogP contribution in [-0.2, 0) is 6.54 Å². The largest absolute Gasteiger partial charge is 0.478 e. The summed E-state index contributed by atoms with van der Waals surface area (Å²) in [4.78, 5) is 4.35. The SMILES string of the molecule is CCCCCCCOc1ccc(CNCC(C)C)cn1. The van der Waals surface area contributed by atoms with E-state index in [1.165, 1.54) is 31.2 Å². The lowest BCUT2D eigenvalue weighted by atomic mass is 10.2. The second-order valence-electron chi connectivity index (χ2n) is 5.79. The van der Waals surface area contributed by atoms with Crippen LogP contribution in [0.25, 0.3) is 0 Å². The fraction of sp³-hybridized carbons (Fsp3) is 0.706. The predicted molar refractivity (Wildman–Crippen MR) is 85.0 cm³/mol. The maximum Gasteiger partial charge on any atom is 0.213 e. The van der Waals surface area contributed by atoms with Gasteiger partial charge in [-0.3, -0.25) is 0 Å². The van der Waals surface area contributed by atoms with E-state index in [4.69, 9.17) is 4.74 Å². The molecular formula is C17H30N2O. The van der Waals surface area contributed by atoms with E-state index in [0.717, 1.165) is 32.0 Å². The van der Waals surface area contributed by atoms with E-state index in [9.17, 15) is 0 Å². The van der Waals surface area contributed by atoms with E-state index in [2.05, 4.69) is 37.1 Å². The molecule has 0 aromatic carbocycles. The summed E-state index contributed by atoms with van der Waals surface area (Å²) in [5.41, 5.74) is 1.21. The zero-order valence-corrected chi connectivity index (χ0v) is 13.3. The molecule has 0 fully saturated rings. The Morgan fingerprint density at radius 3 is 2.60 bits per heavy atom. The number of unbranched alkanes of at least 4 members (excludes halogenated alkanes) is 4. The highest BCUT2D eigenvalue weighted by Crippen LogP contribution is 2.09. The summed E-state index contributed by atoms with van der Waals surface area (Å²) in [6.45, 7) is 9.35. The Morgan fingerprint density at radius 2 is 1.95 bits per heavy atom. The molecule has 0 unspecified atom stereocenters. The molecule has 1 N–H and O–H groups in total. The molecular weight excluding hydrogens is 248 g/mol. The van der Waals surface area contributed by atoms with Gasteiger partial charge in [0.05, 0.1) is 6.61 Å². The highest BCUT2D eigenvalue weighted by molar-refractivity contribution is 5.17. The van der Waals surface area contributed by atoms with Gasteiger partial charge in [-0.2, -0.15) is 0 Å². The van der Waals surface area contributed by atoms with Gasteiger partial charge in [0.25, 0.3) is 0 Å². The van der Waals surface area contributed by atoms with Gasteiger partial charge in [-0.05, 0) is 24.4 Å². The van der Waals surface area contributed by atoms with Gasteiger partial charge in [-0.25, -0.2) is 4.98 Å². The topological polar surface area (TPSA) is 34.1 Å². The zero-order chi connectivity index (χ0) is 14.6. The first-order valence-electron chi connectivity index (χ1n) is 8.00. The third-order valence-electron chi connectivity index (χ3n) is 3.18. The fourth-order valence-electron chi connectivity index (χ4n) is 1.99. The van der Waals surface area contributed by atoms with Crippen molar-refractivity contribution in [1.29, 1.82) is 0 Å². The Kier molecular flexibility index (Phi) is 9.05. The van der Waals surface area contributed by atoms with Crippen LogP contribution in [0.15, 0.2) is 18.3 Å². The predicted octanol–water partition coefficient (Wildman–Crippen LogP) is 4.18. The average Bonchev–Trinajstić information content (AvgIpc) is 2.44. The van der Waals surface area contributed by atoms with Crippen molar-refractivity contribution in [3.05, 3.63) is 23.9 Å². The summed E-state index contributed by atoms with van der Waals surface area (Å²) in [6, 6.07) is 4.06. The van der Waals surface area contributed by atoms with Crippen LogP contribution >= 0.6 is 0 Å². The lowest BCUT2D eigenvalue weighted by Gasteiger charge is -2.08. The van der Waals surface area contributed by atoms with Crippen LogP contribution in [0.2, 0.25) is 0 Å². The van der Waals surface area contributed by atoms with Crippen molar-refractivity contribution in [3.63, 3.8) is 0 Å². The molecule has 3 heteroatoms. The minimum absolute atomic E-state index is 0.679. The molecule has 0 radical (unpaired) electrons. The van der Waals surface area contributed by atoms with Gasteiger partial charge in [0.15, 0.2) is 0 Å². The molecule has 114 valence electrons. The summed E-state index contributed by atoms with van der Waals surface area (Å²) >= 11 is 0. The molecule has 0 saturated heterocycles. The first kappa shape index (κ1) is 17.0. The van der Waals surface area contributed by atoms with Crippen molar-refractivity contribution in [1.82, 2.24) is 10.3 Å². The smallest absolute Gasteiger partial charge is 0.213 e. The van der Waals surface area contributed by atoms with Crippen molar-refractivity contribution < 1.29 is 4.74 Å². The third-order valence-corrected chi connectivity index (χ3v) is 3.18. The number of rotatable bonds is 11. The molecule has 0 spiro atoms. The van der Waals surface area contributed by atoms with Gasteiger partial charge in [-0.15, -0.1) is 0 Å². The molecule has 3 nitrogen and oxygen atoms in total. The maximum atomic E-state index is 5.65. The number of pyridine rings is 1. The molecule has 0 aliphatic rings. The number of ether oxygens (including phenoxy) is 1. The Hall–Kier alpha value is -1.09. The Labute approximate surface area is 124 Å². The number of aromatic nitrogens is 1. The molecule has 20 heavy (non-hydrogen) atoms. The molecule has 0 aliphatic heterocycles. The number of nitrogens with one attached hydrogen (secondary N) is 1. The molecule has 1 aromatic rings. The minimum atomic E-state index is 0.679. The van der Waals surface area contributed by atoms with Gasteiger partial charge in [-0.1, -0.05) is 52.5 Å². The van der Waals surface area contributed by atoms with Crippen LogP contribution in [0.5, 0.6) is 5.88 Å². The standard InChI is InChI=1S/C17H30N2O/c1-4-5-6-7-8-11-20-17-10-9-16(14-19-17)13-18-12-15(2)3/h9-10,14-15,18H,4-8,11-13H2,1-3H3. The van der Waals surface area contributed by atoms with Crippen LogP contribution in [-0.4, -0.2) is 18.1 Å². The highest BCUT2D eigenvalue weighted by Gasteiger charge is 1.98. The second kappa shape index (κ2) is 10.7. The molecule has 0 aliphatic carbocycles. The number of nitrogens with zero attached hydrogens (tertiary/aromatic N) is 1. The third kappa shape index (κ3) is 8.16. The van der Waals surface area contributed by atoms with Gasteiger partial charge in [0.2, 0.25) is 5.88 Å². The van der Waals surface area contributed by atoms with Gasteiger partial charge in [0.1, 0.15) is 0 Å². The summed E-state index contributed by atoms with van der Waals surface area (Å²) < 4.78 is 5.65. The van der Waals surface area contributed by atoms with Crippen molar-refractivity contribution in [2.45, 2.75) is 59.4 Å². The van der Waals surface area contributed by atoms with Crippen LogP contribution in [0.3, 0.4) is 0 Å². The van der Waals surface area contributed by atoms with Crippen LogP contribution in [0, 0.1) is 5.92 Å². The molecule has 1 aromatic heterocycles. The lowest BCUT2D eigenvalue weighted by molar-refractivity contribution is 0.293. The monoisotopic (exact) mass is 278 g/mol. The Balaban J connectivity index is 2.15. The number of hydrogen-bond donors (Lipinski definition) is 1. The molecule has 0 bridgehead atoms. The normalized spacial score (nSPS) is 11.0. The Morgan fingerprint density at radius 1 is 1.15 bits per heavy atom.